The van der Waals surface area contributed by atoms with Crippen molar-refractivity contribution in [1.29, 1.82) is 0 Å². The molecular formula is C28H32ClN5O4S. The number of ether oxygens (including phenoxy) is 2. The van der Waals surface area contributed by atoms with Gasteiger partial charge in [0, 0.05) is 18.4 Å². The normalized spacial score (nSPS) is 10.9. The zero-order valence-corrected chi connectivity index (χ0v) is 24.1. The lowest BCUT2D eigenvalue weighted by Gasteiger charge is -2.19. The first-order valence-electron chi connectivity index (χ1n) is 12.3. The molecule has 3 aromatic rings. The molecule has 1 aromatic carbocycles. The van der Waals surface area contributed by atoms with Gasteiger partial charge in [-0.15, -0.1) is 0 Å². The van der Waals surface area contributed by atoms with Crippen LogP contribution < -0.4 is 20.7 Å². The summed E-state index contributed by atoms with van der Waals surface area (Å²) in [6.07, 6.45) is 1.54. The fourth-order valence-electron chi connectivity index (χ4n) is 3.34. The molecule has 206 valence electrons. The molecular weight excluding hydrogens is 538 g/mol. The van der Waals surface area contributed by atoms with Crippen LogP contribution in [0.1, 0.15) is 54.5 Å². The Morgan fingerprint density at radius 2 is 1.82 bits per heavy atom. The Morgan fingerprint density at radius 1 is 1.05 bits per heavy atom. The van der Waals surface area contributed by atoms with Crippen molar-refractivity contribution in [3.63, 3.8) is 0 Å². The Hall–Kier alpha value is -3.76. The maximum atomic E-state index is 13.0. The third-order valence-corrected chi connectivity index (χ3v) is 5.64. The van der Waals surface area contributed by atoms with Crippen molar-refractivity contribution >= 4 is 52.3 Å². The molecule has 2 heterocycles. The largest absolute Gasteiger partial charge is 0.493 e. The number of alkyl carbamates (subject to hydrolysis) is 1. The lowest BCUT2D eigenvalue weighted by Crippen LogP contribution is -2.33. The van der Waals surface area contributed by atoms with Crippen LogP contribution in [0.5, 0.6) is 5.75 Å². The first-order chi connectivity index (χ1) is 18.4. The molecule has 39 heavy (non-hydrogen) atoms. The Kier molecular flexibility index (Phi) is 10.2. The summed E-state index contributed by atoms with van der Waals surface area (Å²) in [6.45, 7) is 9.93. The number of carbonyl (C=O) groups excluding carboxylic acids is 2. The van der Waals surface area contributed by atoms with Crippen molar-refractivity contribution in [2.45, 2.75) is 46.6 Å². The third-order valence-electron chi connectivity index (χ3n) is 5.10. The summed E-state index contributed by atoms with van der Waals surface area (Å²) < 4.78 is 11.2. The van der Waals surface area contributed by atoms with Gasteiger partial charge >= 0.3 is 6.09 Å². The number of hydrogen-bond acceptors (Lipinski definition) is 7. The minimum Gasteiger partial charge on any atom is -0.493 e. The molecule has 2 amide bonds. The zero-order chi connectivity index (χ0) is 28.6. The van der Waals surface area contributed by atoms with Crippen LogP contribution in [0.2, 0.25) is 5.02 Å². The quantitative estimate of drug-likeness (QED) is 0.210. The molecule has 11 heteroatoms. The fourth-order valence-corrected chi connectivity index (χ4v) is 3.73. The standard InChI is InChI=1S/C28H32ClN5O4S/c1-17-7-10-20(22(15-17)37-14-6-13-30-27(36)38-28(3,4)5)26(39)33-21-11-8-18(2)32-24(21)25(35)34-23-12-9-19(29)16-31-23/h7-12,15-16H,6,13-14H2,1-5H3,(H,30,36)(H,33,39)(H,31,34,35). The molecule has 0 saturated heterocycles. The summed E-state index contributed by atoms with van der Waals surface area (Å²) in [5.74, 6) is 0.481. The number of rotatable bonds is 9. The highest BCUT2D eigenvalue weighted by molar-refractivity contribution is 7.81. The van der Waals surface area contributed by atoms with E-state index >= 15 is 0 Å². The van der Waals surface area contributed by atoms with Crippen LogP contribution >= 0.6 is 23.8 Å². The van der Waals surface area contributed by atoms with Crippen LogP contribution in [0.3, 0.4) is 0 Å². The molecule has 0 aliphatic carbocycles. The molecule has 2 aromatic heterocycles. The van der Waals surface area contributed by atoms with Crippen LogP contribution in [0, 0.1) is 13.8 Å². The highest BCUT2D eigenvalue weighted by Gasteiger charge is 2.18. The Labute approximate surface area is 238 Å². The number of nitrogens with one attached hydrogen (secondary N) is 3. The second kappa shape index (κ2) is 13.3. The molecule has 9 nitrogen and oxygen atoms in total. The molecule has 0 bridgehead atoms. The second-order valence-electron chi connectivity index (χ2n) is 9.75. The predicted octanol–water partition coefficient (Wildman–Crippen LogP) is 6.08. The lowest BCUT2D eigenvalue weighted by atomic mass is 10.1. The molecule has 0 aliphatic rings. The molecule has 0 unspecified atom stereocenters. The molecule has 0 aliphatic heterocycles. The van der Waals surface area contributed by atoms with Gasteiger partial charge in [0.05, 0.1) is 22.9 Å². The molecule has 0 fully saturated rings. The van der Waals surface area contributed by atoms with Gasteiger partial charge in [0.1, 0.15) is 22.2 Å². The molecule has 3 N–H and O–H groups in total. The van der Waals surface area contributed by atoms with E-state index in [2.05, 4.69) is 25.9 Å². The number of halogens is 1. The third kappa shape index (κ3) is 9.49. The van der Waals surface area contributed by atoms with E-state index in [0.717, 1.165) is 5.56 Å². The first-order valence-corrected chi connectivity index (χ1v) is 13.1. The van der Waals surface area contributed by atoms with Crippen LogP contribution in [-0.2, 0) is 4.74 Å². The van der Waals surface area contributed by atoms with E-state index in [1.165, 1.54) is 6.20 Å². The summed E-state index contributed by atoms with van der Waals surface area (Å²) in [4.78, 5) is 33.7. The number of carbonyl (C=O) groups is 2. The predicted molar refractivity (Wildman–Crippen MR) is 157 cm³/mol. The van der Waals surface area contributed by atoms with E-state index in [4.69, 9.17) is 33.3 Å². The van der Waals surface area contributed by atoms with Gasteiger partial charge in [-0.1, -0.05) is 29.9 Å². The molecule has 0 spiro atoms. The summed E-state index contributed by atoms with van der Waals surface area (Å²) in [6, 6.07) is 12.4. The van der Waals surface area contributed by atoms with Gasteiger partial charge in [0.15, 0.2) is 5.69 Å². The number of anilines is 2. The number of aryl methyl sites for hydroxylation is 2. The number of hydrogen-bond donors (Lipinski definition) is 3. The van der Waals surface area contributed by atoms with E-state index in [9.17, 15) is 9.59 Å². The van der Waals surface area contributed by atoms with Crippen LogP contribution in [0.25, 0.3) is 0 Å². The van der Waals surface area contributed by atoms with Crippen molar-refractivity contribution in [1.82, 2.24) is 15.3 Å². The summed E-state index contributed by atoms with van der Waals surface area (Å²) in [5.41, 5.74) is 2.36. The minimum absolute atomic E-state index is 0.164. The number of benzene rings is 1. The Bertz CT molecular complexity index is 1340. The van der Waals surface area contributed by atoms with Crippen LogP contribution in [0.15, 0.2) is 48.7 Å². The van der Waals surface area contributed by atoms with Gasteiger partial charge in [0.2, 0.25) is 0 Å². The minimum atomic E-state index is -0.556. The van der Waals surface area contributed by atoms with Crippen molar-refractivity contribution in [2.75, 3.05) is 23.8 Å². The molecule has 3 rings (SSSR count). The highest BCUT2D eigenvalue weighted by atomic mass is 35.5. The van der Waals surface area contributed by atoms with Crippen molar-refractivity contribution < 1.29 is 19.1 Å². The molecule has 0 saturated carbocycles. The maximum Gasteiger partial charge on any atom is 0.407 e. The number of thiocarbonyl (C=S) groups is 1. The van der Waals surface area contributed by atoms with Crippen molar-refractivity contribution in [2.24, 2.45) is 0 Å². The van der Waals surface area contributed by atoms with Gasteiger partial charge in [-0.05, 0) is 83.0 Å². The van der Waals surface area contributed by atoms with Crippen LogP contribution in [0.4, 0.5) is 16.3 Å². The van der Waals surface area contributed by atoms with Gasteiger partial charge in [-0.2, -0.15) is 0 Å². The monoisotopic (exact) mass is 569 g/mol. The van der Waals surface area contributed by atoms with Crippen molar-refractivity contribution in [3.05, 3.63) is 76.2 Å². The van der Waals surface area contributed by atoms with E-state index in [-0.39, 0.29) is 5.69 Å². The average Bonchev–Trinajstić information content (AvgIpc) is 2.85. The van der Waals surface area contributed by atoms with Crippen LogP contribution in [-0.4, -0.2) is 45.7 Å². The number of amides is 2. The smallest absolute Gasteiger partial charge is 0.407 e. The van der Waals surface area contributed by atoms with E-state index < -0.39 is 17.6 Å². The number of pyridine rings is 2. The van der Waals surface area contributed by atoms with E-state index in [1.54, 1.807) is 31.2 Å². The average molecular weight is 570 g/mol. The zero-order valence-electron chi connectivity index (χ0n) is 22.6. The molecule has 0 radical (unpaired) electrons. The second-order valence-corrected chi connectivity index (χ2v) is 10.6. The lowest BCUT2D eigenvalue weighted by molar-refractivity contribution is 0.0525. The van der Waals surface area contributed by atoms with Gasteiger partial charge in [0.25, 0.3) is 5.91 Å². The van der Waals surface area contributed by atoms with Crippen molar-refractivity contribution in [3.8, 4) is 5.75 Å². The SMILES string of the molecule is Cc1ccc(C(=S)Nc2ccc(C)nc2C(=O)Nc2ccc(Cl)cn2)c(OCCCNC(=O)OC(C)(C)C)c1. The summed E-state index contributed by atoms with van der Waals surface area (Å²) in [5, 5.41) is 9.04. The topological polar surface area (TPSA) is 114 Å². The first kappa shape index (κ1) is 29.8. The Balaban J connectivity index is 1.68. The summed E-state index contributed by atoms with van der Waals surface area (Å²) >= 11 is 11.6. The van der Waals surface area contributed by atoms with E-state index in [0.29, 0.717) is 58.1 Å². The highest BCUT2D eigenvalue weighted by Crippen LogP contribution is 2.24. The fraction of sp³-hybridized carbons (Fsp3) is 0.321. The van der Waals surface area contributed by atoms with Gasteiger partial charge in [-0.3, -0.25) is 4.79 Å². The Morgan fingerprint density at radius 3 is 2.51 bits per heavy atom. The summed E-state index contributed by atoms with van der Waals surface area (Å²) in [7, 11) is 0. The van der Waals surface area contributed by atoms with E-state index in [1.807, 2.05) is 45.9 Å². The number of aromatic nitrogens is 2. The van der Waals surface area contributed by atoms with Gasteiger partial charge < -0.3 is 25.4 Å². The van der Waals surface area contributed by atoms with Gasteiger partial charge in [-0.25, -0.2) is 14.8 Å². The molecule has 0 atom stereocenters. The maximum absolute atomic E-state index is 13.0. The number of nitrogens with zero attached hydrogens (tertiary/aromatic N) is 2.